The number of thioether (sulfide) groups is 1. The molecule has 1 aromatic carbocycles. The minimum absolute atomic E-state index is 0.148. The molecule has 2 aliphatic heterocycles. The average Bonchev–Trinajstić information content (AvgIpc) is 3.20. The first-order chi connectivity index (χ1) is 14.0. The first-order valence-corrected chi connectivity index (χ1v) is 10.7. The fraction of sp³-hybridized carbons (Fsp3) is 0.476. The van der Waals surface area contributed by atoms with Crippen molar-refractivity contribution in [2.24, 2.45) is 0 Å². The molecule has 8 heteroatoms. The lowest BCUT2D eigenvalue weighted by molar-refractivity contribution is -0.182. The molecule has 2 heterocycles. The van der Waals surface area contributed by atoms with Gasteiger partial charge in [-0.2, -0.15) is 0 Å². The fourth-order valence-corrected chi connectivity index (χ4v) is 5.03. The van der Waals surface area contributed by atoms with Gasteiger partial charge in [-0.25, -0.2) is 0 Å². The molecule has 0 N–H and O–H groups in total. The Kier molecular flexibility index (Phi) is 5.76. The smallest absolute Gasteiger partial charge is 0.306 e. The van der Waals surface area contributed by atoms with Crippen LogP contribution in [0.2, 0.25) is 0 Å². The normalized spacial score (nSPS) is 20.9. The molecule has 29 heavy (non-hydrogen) atoms. The summed E-state index contributed by atoms with van der Waals surface area (Å²) >= 11 is 1.25. The van der Waals surface area contributed by atoms with Crippen molar-refractivity contribution in [1.82, 2.24) is 4.90 Å². The summed E-state index contributed by atoms with van der Waals surface area (Å²) in [5, 5.41) is 0. The number of hydrogen-bond acceptors (Lipinski definition) is 8. The molecule has 0 aromatic heterocycles. The number of methoxy groups -OCH3 is 1. The molecule has 4 rings (SSSR count). The second kappa shape index (κ2) is 8.30. The van der Waals surface area contributed by atoms with E-state index < -0.39 is 5.79 Å². The zero-order valence-corrected chi connectivity index (χ0v) is 17.1. The second-order valence-corrected chi connectivity index (χ2v) is 8.26. The van der Waals surface area contributed by atoms with E-state index in [1.807, 2.05) is 4.90 Å². The molecule has 1 aromatic rings. The number of piperidine rings is 1. The van der Waals surface area contributed by atoms with Crippen LogP contribution in [0.15, 0.2) is 34.9 Å². The van der Waals surface area contributed by atoms with Crippen molar-refractivity contribution in [2.45, 2.75) is 25.0 Å². The van der Waals surface area contributed by atoms with Gasteiger partial charge in [0.25, 0.3) is 0 Å². The third kappa shape index (κ3) is 3.84. The van der Waals surface area contributed by atoms with Gasteiger partial charge in [-0.1, -0.05) is 24.3 Å². The Morgan fingerprint density at radius 3 is 2.34 bits per heavy atom. The highest BCUT2D eigenvalue weighted by atomic mass is 32.2. The number of likely N-dealkylation sites (tertiary alicyclic amines) is 1. The molecule has 1 aliphatic carbocycles. The van der Waals surface area contributed by atoms with Crippen molar-refractivity contribution in [3.05, 3.63) is 46.0 Å². The van der Waals surface area contributed by atoms with E-state index in [1.54, 1.807) is 24.3 Å². The van der Waals surface area contributed by atoms with E-state index in [0.29, 0.717) is 66.6 Å². The summed E-state index contributed by atoms with van der Waals surface area (Å²) < 4.78 is 16.2. The van der Waals surface area contributed by atoms with Gasteiger partial charge in [0, 0.05) is 42.8 Å². The number of allylic oxidation sites excluding steroid dienone is 2. The Balaban J connectivity index is 1.62. The first-order valence-electron chi connectivity index (χ1n) is 9.70. The van der Waals surface area contributed by atoms with Crippen molar-refractivity contribution in [2.75, 3.05) is 39.2 Å². The number of carbonyl (C=O) groups excluding carboxylic acids is 3. The average molecular weight is 417 g/mol. The van der Waals surface area contributed by atoms with E-state index in [9.17, 15) is 14.4 Å². The number of carbonyl (C=O) groups is 3. The number of benzene rings is 1. The molecular weight excluding hydrogens is 394 g/mol. The maximum Gasteiger partial charge on any atom is 0.306 e. The topological polar surface area (TPSA) is 82.1 Å². The Hall–Kier alpha value is -2.16. The lowest BCUT2D eigenvalue weighted by Crippen LogP contribution is -2.46. The zero-order valence-electron chi connectivity index (χ0n) is 16.3. The molecule has 0 atom stereocenters. The number of esters is 1. The Labute approximate surface area is 173 Å². The fourth-order valence-electron chi connectivity index (χ4n) is 3.96. The number of nitrogens with zero attached hydrogens (tertiary/aromatic N) is 1. The highest BCUT2D eigenvalue weighted by Crippen LogP contribution is 2.38. The van der Waals surface area contributed by atoms with E-state index in [1.165, 1.54) is 18.9 Å². The Morgan fingerprint density at radius 2 is 1.72 bits per heavy atom. The van der Waals surface area contributed by atoms with Crippen LogP contribution in [0.3, 0.4) is 0 Å². The van der Waals surface area contributed by atoms with Gasteiger partial charge in [0.2, 0.25) is 11.6 Å². The third-order valence-corrected chi connectivity index (χ3v) is 6.56. The van der Waals surface area contributed by atoms with E-state index >= 15 is 0 Å². The Bertz CT molecular complexity index is 864. The molecule has 0 amide bonds. The predicted octanol–water partition coefficient (Wildman–Crippen LogP) is 2.41. The summed E-state index contributed by atoms with van der Waals surface area (Å²) in [5.41, 5.74) is 1.27. The standard InChI is InChI=1S/C21H23NO6S/c1-26-16(23)6-13-29-20-17(18(24)14-4-2-3-5-15(14)19(20)25)22-9-7-21(8-10-22)27-11-12-28-21/h2-5H,6-13H2,1H3. The van der Waals surface area contributed by atoms with Crippen molar-refractivity contribution in [3.8, 4) is 0 Å². The van der Waals surface area contributed by atoms with Gasteiger partial charge in [-0.15, -0.1) is 11.8 Å². The van der Waals surface area contributed by atoms with Gasteiger partial charge in [0.15, 0.2) is 5.79 Å². The minimum atomic E-state index is -0.561. The molecule has 2 fully saturated rings. The lowest BCUT2D eigenvalue weighted by Gasteiger charge is -2.40. The van der Waals surface area contributed by atoms with Gasteiger partial charge in [0.1, 0.15) is 5.70 Å². The van der Waals surface area contributed by atoms with Gasteiger partial charge in [0.05, 0.1) is 31.6 Å². The summed E-state index contributed by atoms with van der Waals surface area (Å²) in [7, 11) is 1.33. The number of Topliss-reactive ketones (excluding diaryl/α,β-unsaturated/α-hetero) is 2. The predicted molar refractivity (Wildman–Crippen MR) is 107 cm³/mol. The van der Waals surface area contributed by atoms with Gasteiger partial charge < -0.3 is 19.1 Å². The quantitative estimate of drug-likeness (QED) is 0.676. The summed E-state index contributed by atoms with van der Waals surface area (Å²) in [6.07, 6.45) is 1.45. The molecule has 0 radical (unpaired) electrons. The van der Waals surface area contributed by atoms with E-state index in [2.05, 4.69) is 4.74 Å². The molecule has 1 spiro atoms. The summed E-state index contributed by atoms with van der Waals surface area (Å²) in [6, 6.07) is 6.90. The van der Waals surface area contributed by atoms with Crippen LogP contribution in [0.4, 0.5) is 0 Å². The van der Waals surface area contributed by atoms with Crippen LogP contribution in [-0.4, -0.2) is 67.4 Å². The van der Waals surface area contributed by atoms with Crippen LogP contribution in [0.25, 0.3) is 0 Å². The zero-order chi connectivity index (χ0) is 20.4. The summed E-state index contributed by atoms with van der Waals surface area (Å²) in [6.45, 7) is 2.30. The number of rotatable bonds is 5. The van der Waals surface area contributed by atoms with Crippen molar-refractivity contribution in [1.29, 1.82) is 0 Å². The molecule has 154 valence electrons. The van der Waals surface area contributed by atoms with Crippen LogP contribution in [0.1, 0.15) is 40.0 Å². The van der Waals surface area contributed by atoms with Crippen molar-refractivity contribution in [3.63, 3.8) is 0 Å². The summed E-state index contributed by atoms with van der Waals surface area (Å²) in [5.74, 6) is -0.847. The number of ketones is 2. The maximum absolute atomic E-state index is 13.3. The lowest BCUT2D eigenvalue weighted by atomic mass is 9.90. The molecule has 3 aliphatic rings. The SMILES string of the molecule is COC(=O)CCSC1=C(N2CCC3(CC2)OCCO3)C(=O)c2ccccc2C1=O. The molecule has 0 saturated carbocycles. The molecular formula is C21H23NO6S. The van der Waals surface area contributed by atoms with Gasteiger partial charge >= 0.3 is 5.97 Å². The number of fused-ring (bicyclic) bond motifs is 1. The van der Waals surface area contributed by atoms with Gasteiger partial charge in [-0.3, -0.25) is 14.4 Å². The largest absolute Gasteiger partial charge is 0.469 e. The second-order valence-electron chi connectivity index (χ2n) is 7.15. The molecule has 0 bridgehead atoms. The highest BCUT2D eigenvalue weighted by Gasteiger charge is 2.43. The summed E-state index contributed by atoms with van der Waals surface area (Å²) in [4.78, 5) is 40.4. The minimum Gasteiger partial charge on any atom is -0.469 e. The van der Waals surface area contributed by atoms with Crippen LogP contribution < -0.4 is 0 Å². The van der Waals surface area contributed by atoms with E-state index in [4.69, 9.17) is 9.47 Å². The number of hydrogen-bond donors (Lipinski definition) is 0. The van der Waals surface area contributed by atoms with Crippen molar-refractivity contribution < 1.29 is 28.6 Å². The van der Waals surface area contributed by atoms with Crippen LogP contribution in [0.5, 0.6) is 0 Å². The van der Waals surface area contributed by atoms with E-state index in [-0.39, 0.29) is 24.0 Å². The van der Waals surface area contributed by atoms with E-state index in [0.717, 1.165) is 0 Å². The number of ether oxygens (including phenoxy) is 3. The van der Waals surface area contributed by atoms with Crippen molar-refractivity contribution >= 4 is 29.3 Å². The van der Waals surface area contributed by atoms with Gasteiger partial charge in [-0.05, 0) is 0 Å². The van der Waals surface area contributed by atoms with Crippen LogP contribution >= 0.6 is 11.8 Å². The monoisotopic (exact) mass is 417 g/mol. The molecule has 2 saturated heterocycles. The van der Waals surface area contributed by atoms with Crippen LogP contribution in [-0.2, 0) is 19.0 Å². The Morgan fingerprint density at radius 1 is 1.10 bits per heavy atom. The third-order valence-electron chi connectivity index (χ3n) is 5.49. The maximum atomic E-state index is 13.3. The highest BCUT2D eigenvalue weighted by molar-refractivity contribution is 8.04. The molecule has 0 unspecified atom stereocenters. The first kappa shape index (κ1) is 20.1. The molecule has 7 nitrogen and oxygen atoms in total. The van der Waals surface area contributed by atoms with Crippen LogP contribution in [0, 0.1) is 0 Å².